The second kappa shape index (κ2) is 4.62. The van der Waals surface area contributed by atoms with Gasteiger partial charge in [-0.15, -0.1) is 0 Å². The van der Waals surface area contributed by atoms with Crippen molar-refractivity contribution in [2.24, 2.45) is 11.8 Å². The van der Waals surface area contributed by atoms with E-state index < -0.39 is 6.10 Å². The van der Waals surface area contributed by atoms with Gasteiger partial charge in [-0.1, -0.05) is 27.7 Å². The number of aliphatic hydroxyl groups excluding tert-OH is 1. The number of aromatic amines is 1. The normalized spacial score (nSPS) is 13.5. The first kappa shape index (κ1) is 12.0. The summed E-state index contributed by atoms with van der Waals surface area (Å²) in [6.07, 6.45) is 1.14. The van der Waals surface area contributed by atoms with Crippen LogP contribution in [0.3, 0.4) is 0 Å². The topological polar surface area (TPSA) is 53.1 Å². The molecule has 1 aromatic rings. The Hall–Kier alpha value is -1.09. The van der Waals surface area contributed by atoms with Crippen LogP contribution in [0.15, 0.2) is 12.3 Å². The predicted octanol–water partition coefficient (Wildman–Crippen LogP) is 2.54. The second-order valence-corrected chi connectivity index (χ2v) is 4.55. The summed E-state index contributed by atoms with van der Waals surface area (Å²) in [5, 5.41) is 9.79. The minimum absolute atomic E-state index is 0.00940. The number of carbonyl (C=O) groups is 1. The Morgan fingerprint density at radius 1 is 1.33 bits per heavy atom. The lowest BCUT2D eigenvalue weighted by Gasteiger charge is -2.11. The Morgan fingerprint density at radius 3 is 2.40 bits per heavy atom. The largest absolute Gasteiger partial charge is 0.387 e. The molecule has 15 heavy (non-hydrogen) atoms. The molecular weight excluding hydrogens is 190 g/mol. The number of aliphatic hydroxyl groups is 1. The van der Waals surface area contributed by atoms with E-state index in [1.54, 1.807) is 12.3 Å². The van der Waals surface area contributed by atoms with E-state index in [9.17, 15) is 9.90 Å². The summed E-state index contributed by atoms with van der Waals surface area (Å²) in [7, 11) is 0. The highest BCUT2D eigenvalue weighted by Crippen LogP contribution is 2.21. The average molecular weight is 209 g/mol. The molecule has 0 amide bonds. The number of nitrogens with one attached hydrogen (secondary N) is 1. The molecule has 0 radical (unpaired) electrons. The van der Waals surface area contributed by atoms with Gasteiger partial charge in [0.05, 0.1) is 6.10 Å². The lowest BCUT2D eigenvalue weighted by Crippen LogP contribution is -2.07. The number of H-pyrrole nitrogens is 1. The van der Waals surface area contributed by atoms with E-state index in [2.05, 4.69) is 4.98 Å². The molecule has 0 aliphatic carbocycles. The maximum Gasteiger partial charge on any atom is 0.166 e. The number of hydrogen-bond acceptors (Lipinski definition) is 2. The van der Waals surface area contributed by atoms with Gasteiger partial charge in [-0.25, -0.2) is 0 Å². The summed E-state index contributed by atoms with van der Waals surface area (Å²) in [6, 6.07) is 1.74. The maximum absolute atomic E-state index is 11.6. The van der Waals surface area contributed by atoms with Crippen LogP contribution in [-0.2, 0) is 0 Å². The van der Waals surface area contributed by atoms with E-state index in [4.69, 9.17) is 0 Å². The van der Waals surface area contributed by atoms with Gasteiger partial charge in [0, 0.05) is 23.4 Å². The van der Waals surface area contributed by atoms with Crippen LogP contribution in [0.4, 0.5) is 0 Å². The SMILES string of the molecule is CC(C)C(=O)c1c[nH]c(C(O)C(C)C)c1. The predicted molar refractivity (Wildman–Crippen MR) is 59.8 cm³/mol. The fraction of sp³-hybridized carbons (Fsp3) is 0.583. The van der Waals surface area contributed by atoms with Crippen molar-refractivity contribution in [1.29, 1.82) is 0 Å². The van der Waals surface area contributed by atoms with Gasteiger partial charge < -0.3 is 10.1 Å². The van der Waals surface area contributed by atoms with Crippen molar-refractivity contribution in [3.8, 4) is 0 Å². The molecule has 1 atom stereocenters. The van der Waals surface area contributed by atoms with Crippen molar-refractivity contribution < 1.29 is 9.90 Å². The Bertz CT molecular complexity index is 339. The molecule has 0 aromatic carbocycles. The molecule has 1 aromatic heterocycles. The van der Waals surface area contributed by atoms with Crippen molar-refractivity contribution in [3.05, 3.63) is 23.5 Å². The molecule has 1 heterocycles. The van der Waals surface area contributed by atoms with Crippen LogP contribution in [0.25, 0.3) is 0 Å². The van der Waals surface area contributed by atoms with Crippen LogP contribution in [0.1, 0.15) is 49.9 Å². The third kappa shape index (κ3) is 2.69. The van der Waals surface area contributed by atoms with Crippen LogP contribution < -0.4 is 0 Å². The van der Waals surface area contributed by atoms with Gasteiger partial charge in [0.2, 0.25) is 0 Å². The third-order valence-electron chi connectivity index (χ3n) is 2.46. The molecule has 2 N–H and O–H groups in total. The first-order valence-electron chi connectivity index (χ1n) is 5.34. The minimum Gasteiger partial charge on any atom is -0.387 e. The van der Waals surface area contributed by atoms with E-state index in [1.807, 2.05) is 27.7 Å². The highest BCUT2D eigenvalue weighted by Gasteiger charge is 2.17. The lowest BCUT2D eigenvalue weighted by atomic mass is 10.0. The summed E-state index contributed by atoms with van der Waals surface area (Å²) in [5.41, 5.74) is 1.37. The standard InChI is InChI=1S/C12H19NO2/c1-7(2)11(14)9-5-10(13-6-9)12(15)8(3)4/h5-8,12-13,15H,1-4H3. The fourth-order valence-corrected chi connectivity index (χ4v) is 1.42. The van der Waals surface area contributed by atoms with Gasteiger partial charge in [0.15, 0.2) is 5.78 Å². The van der Waals surface area contributed by atoms with Gasteiger partial charge in [0.1, 0.15) is 0 Å². The Morgan fingerprint density at radius 2 is 1.93 bits per heavy atom. The molecule has 3 nitrogen and oxygen atoms in total. The smallest absolute Gasteiger partial charge is 0.166 e. The molecule has 0 fully saturated rings. The van der Waals surface area contributed by atoms with E-state index in [0.717, 1.165) is 0 Å². The Labute approximate surface area is 90.5 Å². The summed E-state index contributed by atoms with van der Waals surface area (Å²) >= 11 is 0. The zero-order chi connectivity index (χ0) is 11.6. The highest BCUT2D eigenvalue weighted by molar-refractivity contribution is 5.97. The molecule has 0 aliphatic rings. The minimum atomic E-state index is -0.529. The average Bonchev–Trinajstić information content (AvgIpc) is 2.63. The number of ketones is 1. The van der Waals surface area contributed by atoms with Crippen molar-refractivity contribution in [3.63, 3.8) is 0 Å². The molecule has 0 bridgehead atoms. The fourth-order valence-electron chi connectivity index (χ4n) is 1.42. The zero-order valence-electron chi connectivity index (χ0n) is 9.74. The van der Waals surface area contributed by atoms with Gasteiger partial charge in [-0.3, -0.25) is 4.79 Å². The molecule has 0 saturated carbocycles. The number of Topliss-reactive ketones (excluding diaryl/α,β-unsaturated/α-hetero) is 1. The van der Waals surface area contributed by atoms with Crippen LogP contribution in [0.2, 0.25) is 0 Å². The van der Waals surface area contributed by atoms with Gasteiger partial charge >= 0.3 is 0 Å². The summed E-state index contributed by atoms with van der Waals surface area (Å²) in [6.45, 7) is 7.62. The molecule has 3 heteroatoms. The highest BCUT2D eigenvalue weighted by atomic mass is 16.3. The lowest BCUT2D eigenvalue weighted by molar-refractivity contribution is 0.0939. The van der Waals surface area contributed by atoms with Crippen LogP contribution in [0.5, 0.6) is 0 Å². The summed E-state index contributed by atoms with van der Waals surface area (Å²) in [4.78, 5) is 14.6. The summed E-state index contributed by atoms with van der Waals surface area (Å²) in [5.74, 6) is 0.240. The molecule has 1 rings (SSSR count). The molecule has 0 aliphatic heterocycles. The van der Waals surface area contributed by atoms with Crippen molar-refractivity contribution in [1.82, 2.24) is 4.98 Å². The number of aromatic nitrogens is 1. The molecular formula is C12H19NO2. The maximum atomic E-state index is 11.6. The second-order valence-electron chi connectivity index (χ2n) is 4.55. The Kier molecular flexibility index (Phi) is 3.69. The van der Waals surface area contributed by atoms with Crippen molar-refractivity contribution in [2.75, 3.05) is 0 Å². The molecule has 84 valence electrons. The molecule has 0 saturated heterocycles. The van der Waals surface area contributed by atoms with Gasteiger partial charge in [0.25, 0.3) is 0 Å². The van der Waals surface area contributed by atoms with E-state index >= 15 is 0 Å². The van der Waals surface area contributed by atoms with Gasteiger partial charge in [-0.05, 0) is 12.0 Å². The Balaban J connectivity index is 2.85. The van der Waals surface area contributed by atoms with Crippen molar-refractivity contribution in [2.45, 2.75) is 33.8 Å². The van der Waals surface area contributed by atoms with Crippen LogP contribution in [0, 0.1) is 11.8 Å². The molecule has 1 unspecified atom stereocenters. The van der Waals surface area contributed by atoms with E-state index in [-0.39, 0.29) is 17.6 Å². The molecule has 0 spiro atoms. The zero-order valence-corrected chi connectivity index (χ0v) is 9.74. The first-order valence-corrected chi connectivity index (χ1v) is 5.34. The first-order chi connectivity index (χ1) is 6.93. The quantitative estimate of drug-likeness (QED) is 0.749. The van der Waals surface area contributed by atoms with Crippen LogP contribution in [-0.4, -0.2) is 15.9 Å². The number of carbonyl (C=O) groups excluding carboxylic acids is 1. The monoisotopic (exact) mass is 209 g/mol. The third-order valence-corrected chi connectivity index (χ3v) is 2.46. The van der Waals surface area contributed by atoms with E-state index in [1.165, 1.54) is 0 Å². The van der Waals surface area contributed by atoms with Crippen molar-refractivity contribution >= 4 is 5.78 Å². The summed E-state index contributed by atoms with van der Waals surface area (Å²) < 4.78 is 0. The van der Waals surface area contributed by atoms with Gasteiger partial charge in [-0.2, -0.15) is 0 Å². The number of hydrogen-bond donors (Lipinski definition) is 2. The van der Waals surface area contributed by atoms with E-state index in [0.29, 0.717) is 11.3 Å². The number of rotatable bonds is 4. The van der Waals surface area contributed by atoms with Crippen LogP contribution >= 0.6 is 0 Å².